The predicted octanol–water partition coefficient (Wildman–Crippen LogP) is 2.32. The summed E-state index contributed by atoms with van der Waals surface area (Å²) in [6, 6.07) is 8.76. The van der Waals surface area contributed by atoms with E-state index in [4.69, 9.17) is 0 Å². The number of nitrogens with zero attached hydrogens (tertiary/aromatic N) is 3. The van der Waals surface area contributed by atoms with Crippen LogP contribution in [0.1, 0.15) is 36.6 Å². The van der Waals surface area contributed by atoms with Gasteiger partial charge in [0.15, 0.2) is 0 Å². The van der Waals surface area contributed by atoms with Gasteiger partial charge in [0, 0.05) is 25.3 Å². The summed E-state index contributed by atoms with van der Waals surface area (Å²) in [6.45, 7) is 8.14. The van der Waals surface area contributed by atoms with Crippen LogP contribution in [0.3, 0.4) is 0 Å². The van der Waals surface area contributed by atoms with Crippen molar-refractivity contribution in [1.82, 2.24) is 20.0 Å². The second kappa shape index (κ2) is 7.18. The van der Waals surface area contributed by atoms with Gasteiger partial charge in [-0.05, 0) is 43.9 Å². The zero-order valence-electron chi connectivity index (χ0n) is 14.7. The number of rotatable bonds is 5. The van der Waals surface area contributed by atoms with Gasteiger partial charge in [-0.1, -0.05) is 24.3 Å². The smallest absolute Gasteiger partial charge is 0.236 e. The third-order valence-corrected chi connectivity index (χ3v) is 4.93. The summed E-state index contributed by atoms with van der Waals surface area (Å²) in [4.78, 5) is 14.5. The van der Waals surface area contributed by atoms with E-state index in [1.54, 1.807) is 0 Å². The van der Waals surface area contributed by atoms with E-state index in [0.29, 0.717) is 6.54 Å². The van der Waals surface area contributed by atoms with Gasteiger partial charge in [0.25, 0.3) is 0 Å². The summed E-state index contributed by atoms with van der Waals surface area (Å²) in [5.41, 5.74) is 3.79. The minimum absolute atomic E-state index is 0.167. The van der Waals surface area contributed by atoms with Gasteiger partial charge < -0.3 is 10.2 Å². The number of carbonyl (C=O) groups is 1. The largest absolute Gasteiger partial charge is 0.337 e. The van der Waals surface area contributed by atoms with Crippen molar-refractivity contribution in [2.24, 2.45) is 0 Å². The van der Waals surface area contributed by atoms with Gasteiger partial charge in [-0.2, -0.15) is 5.10 Å². The number of carbonyl (C=O) groups excluding carboxylic acids is 1. The molecule has 0 fully saturated rings. The molecule has 2 heterocycles. The molecular formula is C19H26N4O. The first-order chi connectivity index (χ1) is 11.5. The minimum atomic E-state index is 0.167. The van der Waals surface area contributed by atoms with Crippen LogP contribution in [0.2, 0.25) is 0 Å². The van der Waals surface area contributed by atoms with Crippen LogP contribution in [0.25, 0.3) is 0 Å². The summed E-state index contributed by atoms with van der Waals surface area (Å²) in [6.07, 6.45) is 4.84. The molecule has 0 saturated heterocycles. The van der Waals surface area contributed by atoms with Gasteiger partial charge in [0.05, 0.1) is 18.8 Å². The molecule has 0 spiro atoms. The highest BCUT2D eigenvalue weighted by molar-refractivity contribution is 5.78. The first-order valence-electron chi connectivity index (χ1n) is 8.63. The lowest BCUT2D eigenvalue weighted by molar-refractivity contribution is -0.131. The van der Waals surface area contributed by atoms with Gasteiger partial charge in [0.2, 0.25) is 5.91 Å². The van der Waals surface area contributed by atoms with Crippen molar-refractivity contribution in [2.75, 3.05) is 13.1 Å². The second-order valence-electron chi connectivity index (χ2n) is 6.74. The fourth-order valence-electron chi connectivity index (χ4n) is 3.12. The van der Waals surface area contributed by atoms with Crippen LogP contribution in [0.4, 0.5) is 0 Å². The molecule has 0 unspecified atom stereocenters. The van der Waals surface area contributed by atoms with E-state index >= 15 is 0 Å². The molecule has 1 aliphatic rings. The molecule has 0 bridgehead atoms. The Bertz CT molecular complexity index is 709. The normalized spacial score (nSPS) is 16.5. The van der Waals surface area contributed by atoms with Crippen molar-refractivity contribution >= 4 is 5.91 Å². The Labute approximate surface area is 143 Å². The molecule has 0 aliphatic carbocycles. The van der Waals surface area contributed by atoms with Crippen molar-refractivity contribution < 1.29 is 4.79 Å². The Hall–Kier alpha value is -2.14. The Morgan fingerprint density at radius 3 is 2.75 bits per heavy atom. The van der Waals surface area contributed by atoms with Crippen molar-refractivity contribution in [3.8, 4) is 0 Å². The fraction of sp³-hybridized carbons (Fsp3) is 0.474. The molecule has 2 atom stereocenters. The lowest BCUT2D eigenvalue weighted by atomic mass is 10.00. The summed E-state index contributed by atoms with van der Waals surface area (Å²) in [7, 11) is 0. The molecular weight excluding hydrogens is 300 g/mol. The van der Waals surface area contributed by atoms with Crippen molar-refractivity contribution in [1.29, 1.82) is 0 Å². The van der Waals surface area contributed by atoms with Crippen molar-refractivity contribution in [2.45, 2.75) is 45.8 Å². The number of amides is 1. The molecule has 1 aromatic heterocycles. The number of fused-ring (bicyclic) bond motifs is 1. The van der Waals surface area contributed by atoms with Crippen LogP contribution in [-0.2, 0) is 17.8 Å². The highest BCUT2D eigenvalue weighted by Crippen LogP contribution is 2.18. The Kier molecular flexibility index (Phi) is 5.00. The van der Waals surface area contributed by atoms with E-state index in [9.17, 15) is 4.79 Å². The summed E-state index contributed by atoms with van der Waals surface area (Å²) < 4.78 is 1.95. The monoisotopic (exact) mass is 326 g/mol. The molecule has 1 aromatic carbocycles. The van der Waals surface area contributed by atoms with E-state index in [1.807, 2.05) is 35.0 Å². The molecule has 128 valence electrons. The number of hydrogen-bond donors (Lipinski definition) is 1. The van der Waals surface area contributed by atoms with Crippen molar-refractivity contribution in [3.05, 3.63) is 53.3 Å². The molecule has 2 aromatic rings. The van der Waals surface area contributed by atoms with Gasteiger partial charge >= 0.3 is 0 Å². The van der Waals surface area contributed by atoms with Crippen LogP contribution in [-0.4, -0.2) is 39.7 Å². The average Bonchev–Trinajstić information content (AvgIpc) is 3.04. The zero-order chi connectivity index (χ0) is 17.1. The molecule has 3 rings (SSSR count). The third-order valence-electron chi connectivity index (χ3n) is 4.93. The summed E-state index contributed by atoms with van der Waals surface area (Å²) in [5, 5.41) is 7.72. The SMILES string of the molecule is Cc1cnn([C@@H](C)[C@@H](C)NCC(=O)N2CCc3ccccc3C2)c1. The number of aromatic nitrogens is 2. The zero-order valence-corrected chi connectivity index (χ0v) is 14.7. The molecule has 0 saturated carbocycles. The quantitative estimate of drug-likeness (QED) is 0.917. The van der Waals surface area contributed by atoms with Gasteiger partial charge in [-0.25, -0.2) is 0 Å². The van der Waals surface area contributed by atoms with E-state index < -0.39 is 0 Å². The molecule has 1 N–H and O–H groups in total. The minimum Gasteiger partial charge on any atom is -0.337 e. The summed E-state index contributed by atoms with van der Waals surface area (Å²) in [5.74, 6) is 0.167. The van der Waals surface area contributed by atoms with E-state index in [0.717, 1.165) is 25.1 Å². The molecule has 0 radical (unpaired) electrons. The Morgan fingerprint density at radius 2 is 2.04 bits per heavy atom. The van der Waals surface area contributed by atoms with Crippen LogP contribution in [0, 0.1) is 6.92 Å². The highest BCUT2D eigenvalue weighted by atomic mass is 16.2. The van der Waals surface area contributed by atoms with E-state index in [1.165, 1.54) is 11.1 Å². The fourth-order valence-corrected chi connectivity index (χ4v) is 3.12. The van der Waals surface area contributed by atoms with Gasteiger partial charge in [-0.3, -0.25) is 9.48 Å². The number of nitrogens with one attached hydrogen (secondary N) is 1. The molecule has 1 amide bonds. The van der Waals surface area contributed by atoms with Crippen LogP contribution in [0.5, 0.6) is 0 Å². The average molecular weight is 326 g/mol. The van der Waals surface area contributed by atoms with Gasteiger partial charge in [0.1, 0.15) is 0 Å². The molecule has 5 nitrogen and oxygen atoms in total. The first-order valence-corrected chi connectivity index (χ1v) is 8.63. The van der Waals surface area contributed by atoms with E-state index in [-0.39, 0.29) is 18.0 Å². The standard InChI is InChI=1S/C19H26N4O/c1-14-10-21-23(12-14)16(3)15(2)20-11-19(24)22-9-8-17-6-4-5-7-18(17)13-22/h4-7,10,12,15-16,20H,8-9,11,13H2,1-3H3/t15-,16+/m1/s1. The molecule has 24 heavy (non-hydrogen) atoms. The first kappa shape index (κ1) is 16.7. The summed E-state index contributed by atoms with van der Waals surface area (Å²) >= 11 is 0. The topological polar surface area (TPSA) is 50.2 Å². The highest BCUT2D eigenvalue weighted by Gasteiger charge is 2.21. The predicted molar refractivity (Wildman–Crippen MR) is 94.7 cm³/mol. The van der Waals surface area contributed by atoms with Crippen LogP contribution >= 0.6 is 0 Å². The van der Waals surface area contributed by atoms with E-state index in [2.05, 4.69) is 42.5 Å². The second-order valence-corrected chi connectivity index (χ2v) is 6.74. The molecule has 5 heteroatoms. The molecule has 1 aliphatic heterocycles. The maximum Gasteiger partial charge on any atom is 0.236 e. The Morgan fingerprint density at radius 1 is 1.29 bits per heavy atom. The van der Waals surface area contributed by atoms with Crippen LogP contribution in [0.15, 0.2) is 36.7 Å². The lowest BCUT2D eigenvalue weighted by Crippen LogP contribution is -2.44. The number of hydrogen-bond acceptors (Lipinski definition) is 3. The van der Waals surface area contributed by atoms with Crippen LogP contribution < -0.4 is 5.32 Å². The third kappa shape index (κ3) is 3.67. The number of aryl methyl sites for hydroxylation is 1. The lowest BCUT2D eigenvalue weighted by Gasteiger charge is -2.30. The number of benzene rings is 1. The van der Waals surface area contributed by atoms with Crippen molar-refractivity contribution in [3.63, 3.8) is 0 Å². The maximum atomic E-state index is 12.5. The Balaban J connectivity index is 1.52. The van der Waals surface area contributed by atoms with Gasteiger partial charge in [-0.15, -0.1) is 0 Å². The maximum absolute atomic E-state index is 12.5.